The van der Waals surface area contributed by atoms with Crippen LogP contribution in [0.25, 0.3) is 11.3 Å². The van der Waals surface area contributed by atoms with E-state index in [0.717, 1.165) is 16.8 Å². The number of H-pyrrole nitrogens is 1. The summed E-state index contributed by atoms with van der Waals surface area (Å²) >= 11 is 0. The second-order valence-corrected chi connectivity index (χ2v) is 8.61. The number of hydrogen-bond donors (Lipinski definition) is 2. The Morgan fingerprint density at radius 1 is 1.04 bits per heavy atom. The molecule has 0 unspecified atom stereocenters. The molecule has 2 aromatic carbocycles. The number of aromatic nitrogens is 2. The minimum absolute atomic E-state index is 0.0197. The van der Waals surface area contributed by atoms with E-state index in [2.05, 4.69) is 35.5 Å². The molecule has 3 aromatic rings. The smallest absolute Gasteiger partial charge is 0.261 e. The van der Waals surface area contributed by atoms with Crippen LogP contribution in [0.15, 0.2) is 66.0 Å². The fraction of sp³-hybridized carbons (Fsp3) is 0.211. The Kier molecular flexibility index (Phi) is 4.39. The summed E-state index contributed by atoms with van der Waals surface area (Å²) in [4.78, 5) is 7.23. The van der Waals surface area contributed by atoms with E-state index >= 15 is 0 Å². The average Bonchev–Trinajstić information content (AvgIpc) is 3.08. The number of benzene rings is 2. The van der Waals surface area contributed by atoms with Crippen LogP contribution in [-0.4, -0.2) is 18.4 Å². The van der Waals surface area contributed by atoms with Crippen molar-refractivity contribution in [1.29, 1.82) is 0 Å². The van der Waals surface area contributed by atoms with Gasteiger partial charge in [-0.25, -0.2) is 13.4 Å². The summed E-state index contributed by atoms with van der Waals surface area (Å²) < 4.78 is 27.9. The Bertz CT molecular complexity index is 955. The second-order valence-electron chi connectivity index (χ2n) is 6.93. The molecule has 0 spiro atoms. The summed E-state index contributed by atoms with van der Waals surface area (Å²) in [5.41, 5.74) is 3.27. The molecule has 25 heavy (non-hydrogen) atoms. The zero-order valence-electron chi connectivity index (χ0n) is 14.4. The van der Waals surface area contributed by atoms with Gasteiger partial charge < -0.3 is 4.98 Å². The maximum atomic E-state index is 12.6. The first-order valence-electron chi connectivity index (χ1n) is 7.98. The van der Waals surface area contributed by atoms with E-state index in [1.165, 1.54) is 0 Å². The van der Waals surface area contributed by atoms with Crippen molar-refractivity contribution in [3.05, 3.63) is 66.6 Å². The molecule has 0 saturated heterocycles. The lowest BCUT2D eigenvalue weighted by Crippen LogP contribution is -2.14. The quantitative estimate of drug-likeness (QED) is 0.737. The second kappa shape index (κ2) is 6.37. The van der Waals surface area contributed by atoms with Crippen LogP contribution in [0.1, 0.15) is 26.3 Å². The Labute approximate surface area is 148 Å². The molecule has 0 atom stereocenters. The maximum absolute atomic E-state index is 12.6. The molecule has 1 aromatic heterocycles. The Morgan fingerprint density at radius 3 is 2.36 bits per heavy atom. The first kappa shape index (κ1) is 17.2. The number of rotatable bonds is 4. The number of nitrogens with one attached hydrogen (secondary N) is 2. The standard InChI is InChI=1S/C19H21N3O2S/c1-19(2,3)15-7-9-17(10-8-15)25(23,24)22-16-6-4-5-14(11-16)18-12-20-13-21-18/h4-13,22H,1-3H3,(H,20,21). The number of nitrogens with zero attached hydrogens (tertiary/aromatic N) is 1. The van der Waals surface area contributed by atoms with Gasteiger partial charge in [0, 0.05) is 11.3 Å². The lowest BCUT2D eigenvalue weighted by Gasteiger charge is -2.19. The fourth-order valence-corrected chi connectivity index (χ4v) is 3.56. The van der Waals surface area contributed by atoms with E-state index in [9.17, 15) is 8.42 Å². The molecule has 0 bridgehead atoms. The first-order valence-corrected chi connectivity index (χ1v) is 9.46. The van der Waals surface area contributed by atoms with Gasteiger partial charge in [0.1, 0.15) is 0 Å². The topological polar surface area (TPSA) is 74.8 Å². The molecule has 0 fully saturated rings. The zero-order chi connectivity index (χ0) is 18.1. The van der Waals surface area contributed by atoms with Gasteiger partial charge in [0.25, 0.3) is 10.0 Å². The molecule has 130 valence electrons. The fourth-order valence-electron chi connectivity index (χ4n) is 2.51. The molecule has 1 heterocycles. The summed E-state index contributed by atoms with van der Waals surface area (Å²) in [7, 11) is -3.64. The molecule has 3 rings (SSSR count). The third-order valence-electron chi connectivity index (χ3n) is 3.95. The van der Waals surface area contributed by atoms with E-state index in [1.807, 2.05) is 18.2 Å². The molecule has 5 nitrogen and oxygen atoms in total. The molecule has 6 heteroatoms. The maximum Gasteiger partial charge on any atom is 0.261 e. The van der Waals surface area contributed by atoms with Crippen molar-refractivity contribution in [2.75, 3.05) is 4.72 Å². The van der Waals surface area contributed by atoms with E-state index in [4.69, 9.17) is 0 Å². The highest BCUT2D eigenvalue weighted by Crippen LogP contribution is 2.25. The van der Waals surface area contributed by atoms with Crippen LogP contribution < -0.4 is 4.72 Å². The highest BCUT2D eigenvalue weighted by Gasteiger charge is 2.18. The number of hydrogen-bond acceptors (Lipinski definition) is 3. The van der Waals surface area contributed by atoms with E-state index in [-0.39, 0.29) is 10.3 Å². The Hall–Kier alpha value is -2.60. The molecule has 0 amide bonds. The Morgan fingerprint density at radius 2 is 1.76 bits per heavy atom. The minimum Gasteiger partial charge on any atom is -0.345 e. The van der Waals surface area contributed by atoms with E-state index in [1.54, 1.807) is 42.9 Å². The third-order valence-corrected chi connectivity index (χ3v) is 5.35. The van der Waals surface area contributed by atoms with Gasteiger partial charge in [0.05, 0.1) is 23.1 Å². The number of aromatic amines is 1. The van der Waals surface area contributed by atoms with Crippen LogP contribution in [-0.2, 0) is 15.4 Å². The van der Waals surface area contributed by atoms with Crippen LogP contribution >= 0.6 is 0 Å². The van der Waals surface area contributed by atoms with Gasteiger partial charge in [0.15, 0.2) is 0 Å². The molecular formula is C19H21N3O2S. The molecule has 2 N–H and O–H groups in total. The number of imidazole rings is 1. The monoisotopic (exact) mass is 355 g/mol. The van der Waals surface area contributed by atoms with Crippen LogP contribution in [0.5, 0.6) is 0 Å². The predicted octanol–water partition coefficient (Wildman–Crippen LogP) is 4.18. The van der Waals surface area contributed by atoms with Crippen molar-refractivity contribution < 1.29 is 8.42 Å². The summed E-state index contributed by atoms with van der Waals surface area (Å²) in [5, 5.41) is 0. The van der Waals surface area contributed by atoms with Gasteiger partial charge in [0.2, 0.25) is 0 Å². The normalized spacial score (nSPS) is 12.1. The van der Waals surface area contributed by atoms with Gasteiger partial charge in [-0.15, -0.1) is 0 Å². The van der Waals surface area contributed by atoms with Crippen LogP contribution in [0, 0.1) is 0 Å². The van der Waals surface area contributed by atoms with Crippen molar-refractivity contribution in [3.8, 4) is 11.3 Å². The van der Waals surface area contributed by atoms with Crippen molar-refractivity contribution in [2.45, 2.75) is 31.1 Å². The van der Waals surface area contributed by atoms with Gasteiger partial charge in [-0.2, -0.15) is 0 Å². The molecule has 0 aliphatic heterocycles. The number of sulfonamides is 1. The minimum atomic E-state index is -3.64. The van der Waals surface area contributed by atoms with Crippen molar-refractivity contribution >= 4 is 15.7 Å². The van der Waals surface area contributed by atoms with Crippen molar-refractivity contribution in [1.82, 2.24) is 9.97 Å². The zero-order valence-corrected chi connectivity index (χ0v) is 15.3. The third kappa shape index (κ3) is 3.91. The summed E-state index contributed by atoms with van der Waals surface area (Å²) in [6.07, 6.45) is 3.28. The van der Waals surface area contributed by atoms with E-state index in [0.29, 0.717) is 5.69 Å². The van der Waals surface area contributed by atoms with Gasteiger partial charge in [-0.1, -0.05) is 45.0 Å². The van der Waals surface area contributed by atoms with Crippen molar-refractivity contribution in [3.63, 3.8) is 0 Å². The average molecular weight is 355 g/mol. The lowest BCUT2D eigenvalue weighted by atomic mass is 9.87. The number of anilines is 1. The molecule has 0 saturated carbocycles. The van der Waals surface area contributed by atoms with Gasteiger partial charge >= 0.3 is 0 Å². The highest BCUT2D eigenvalue weighted by molar-refractivity contribution is 7.92. The highest BCUT2D eigenvalue weighted by atomic mass is 32.2. The first-order chi connectivity index (χ1) is 11.8. The predicted molar refractivity (Wildman–Crippen MR) is 100.0 cm³/mol. The Balaban J connectivity index is 1.86. The summed E-state index contributed by atoms with van der Waals surface area (Å²) in [6.45, 7) is 6.28. The van der Waals surface area contributed by atoms with Crippen LogP contribution in [0.3, 0.4) is 0 Å². The van der Waals surface area contributed by atoms with Crippen molar-refractivity contribution in [2.24, 2.45) is 0 Å². The van der Waals surface area contributed by atoms with Gasteiger partial charge in [-0.3, -0.25) is 4.72 Å². The summed E-state index contributed by atoms with van der Waals surface area (Å²) in [5.74, 6) is 0. The lowest BCUT2D eigenvalue weighted by molar-refractivity contribution is 0.587. The molecule has 0 radical (unpaired) electrons. The molecule has 0 aliphatic carbocycles. The van der Waals surface area contributed by atoms with E-state index < -0.39 is 10.0 Å². The summed E-state index contributed by atoms with van der Waals surface area (Å²) in [6, 6.07) is 14.2. The molecular weight excluding hydrogens is 334 g/mol. The SMILES string of the molecule is CC(C)(C)c1ccc(S(=O)(=O)Nc2cccc(-c3cnc[nH]3)c2)cc1. The van der Waals surface area contributed by atoms with Crippen LogP contribution in [0.2, 0.25) is 0 Å². The largest absolute Gasteiger partial charge is 0.345 e. The van der Waals surface area contributed by atoms with Crippen LogP contribution in [0.4, 0.5) is 5.69 Å². The molecule has 0 aliphatic rings. The van der Waals surface area contributed by atoms with Gasteiger partial charge in [-0.05, 0) is 35.2 Å².